The normalized spacial score (nSPS) is 12.9. The van der Waals surface area contributed by atoms with Gasteiger partial charge in [-0.3, -0.25) is 4.68 Å². The van der Waals surface area contributed by atoms with Crippen LogP contribution in [0.25, 0.3) is 0 Å². The Balaban J connectivity index is 2.04. The summed E-state index contributed by atoms with van der Waals surface area (Å²) in [7, 11) is 1.96. The van der Waals surface area contributed by atoms with E-state index in [4.69, 9.17) is 4.42 Å². The maximum Gasteiger partial charge on any atom is 0.211 e. The molecule has 2 aromatic rings. The summed E-state index contributed by atoms with van der Waals surface area (Å²) >= 11 is 3.61. The highest BCUT2D eigenvalue weighted by molar-refractivity contribution is 9.10. The molecule has 0 saturated heterocycles. The first-order valence-electron chi connectivity index (χ1n) is 6.38. The molecule has 0 aromatic carbocycles. The van der Waals surface area contributed by atoms with Crippen molar-refractivity contribution in [3.05, 3.63) is 33.7 Å². The van der Waals surface area contributed by atoms with Crippen molar-refractivity contribution in [3.8, 4) is 0 Å². The Hall–Kier alpha value is -1.14. The summed E-state index contributed by atoms with van der Waals surface area (Å²) < 4.78 is 8.50. The molecule has 5 nitrogen and oxygen atoms in total. The molecule has 1 atom stereocenters. The number of halogens is 1. The average Bonchev–Trinajstić information content (AvgIpc) is 2.92. The first-order chi connectivity index (χ1) is 9.02. The van der Waals surface area contributed by atoms with Gasteiger partial charge >= 0.3 is 0 Å². The molecule has 0 fully saturated rings. The Labute approximate surface area is 121 Å². The van der Waals surface area contributed by atoms with E-state index < -0.39 is 0 Å². The fourth-order valence-corrected chi connectivity index (χ4v) is 2.68. The Morgan fingerprint density at radius 2 is 2.26 bits per heavy atom. The van der Waals surface area contributed by atoms with Crippen LogP contribution in [0, 0.1) is 6.92 Å². The van der Waals surface area contributed by atoms with Crippen LogP contribution in [0.2, 0.25) is 0 Å². The van der Waals surface area contributed by atoms with Gasteiger partial charge in [0.05, 0.1) is 28.1 Å². The van der Waals surface area contributed by atoms with Crippen molar-refractivity contribution in [2.75, 3.05) is 0 Å². The summed E-state index contributed by atoms with van der Waals surface area (Å²) in [6, 6.07) is 0.0700. The second-order valence-corrected chi connectivity index (χ2v) is 5.39. The molecule has 1 unspecified atom stereocenters. The summed E-state index contributed by atoms with van der Waals surface area (Å²) in [5.74, 6) is 1.55. The standard InChI is InChI=1S/C13H19BrN4O/c1-5-10-12(14)11(18(4)17-10)7-15-9(3)13-16-6-8(2)19-13/h6,9,15H,5,7H2,1-4H3. The minimum Gasteiger partial charge on any atom is -0.444 e. The van der Waals surface area contributed by atoms with Gasteiger partial charge in [0, 0.05) is 13.6 Å². The van der Waals surface area contributed by atoms with Gasteiger partial charge in [0.15, 0.2) is 0 Å². The van der Waals surface area contributed by atoms with Gasteiger partial charge in [-0.15, -0.1) is 0 Å². The SMILES string of the molecule is CCc1nn(C)c(CNC(C)c2ncc(C)o2)c1Br. The maximum absolute atomic E-state index is 5.51. The molecule has 104 valence electrons. The molecule has 0 saturated carbocycles. The van der Waals surface area contributed by atoms with Crippen molar-refractivity contribution in [2.24, 2.45) is 7.05 Å². The molecule has 2 rings (SSSR count). The van der Waals surface area contributed by atoms with Gasteiger partial charge in [-0.05, 0) is 36.2 Å². The molecular formula is C13H19BrN4O. The van der Waals surface area contributed by atoms with Crippen LogP contribution in [0.1, 0.15) is 42.9 Å². The molecule has 0 aliphatic carbocycles. The molecule has 0 aliphatic heterocycles. The molecule has 19 heavy (non-hydrogen) atoms. The van der Waals surface area contributed by atoms with Crippen LogP contribution in [-0.2, 0) is 20.0 Å². The van der Waals surface area contributed by atoms with Gasteiger partial charge in [0.2, 0.25) is 5.89 Å². The van der Waals surface area contributed by atoms with Crippen molar-refractivity contribution < 1.29 is 4.42 Å². The van der Waals surface area contributed by atoms with E-state index in [0.29, 0.717) is 12.4 Å². The Morgan fingerprint density at radius 1 is 1.53 bits per heavy atom. The van der Waals surface area contributed by atoms with E-state index >= 15 is 0 Å². The molecule has 0 spiro atoms. The van der Waals surface area contributed by atoms with Crippen molar-refractivity contribution in [2.45, 2.75) is 39.8 Å². The summed E-state index contributed by atoms with van der Waals surface area (Å²) in [6.07, 6.45) is 2.66. The van der Waals surface area contributed by atoms with E-state index in [1.807, 2.05) is 25.6 Å². The smallest absolute Gasteiger partial charge is 0.211 e. The molecule has 0 aliphatic rings. The second kappa shape index (κ2) is 5.88. The van der Waals surface area contributed by atoms with Crippen LogP contribution in [0.15, 0.2) is 15.1 Å². The summed E-state index contributed by atoms with van der Waals surface area (Å²) in [6.45, 7) is 6.75. The minimum atomic E-state index is 0.0700. The van der Waals surface area contributed by atoms with Gasteiger partial charge in [0.1, 0.15) is 5.76 Å². The van der Waals surface area contributed by atoms with Crippen molar-refractivity contribution >= 4 is 15.9 Å². The molecule has 2 heterocycles. The number of oxazole rings is 1. The van der Waals surface area contributed by atoms with Crippen LogP contribution >= 0.6 is 15.9 Å². The zero-order valence-corrected chi connectivity index (χ0v) is 13.3. The van der Waals surface area contributed by atoms with Gasteiger partial charge in [0.25, 0.3) is 0 Å². The van der Waals surface area contributed by atoms with Crippen molar-refractivity contribution in [3.63, 3.8) is 0 Å². The largest absolute Gasteiger partial charge is 0.444 e. The van der Waals surface area contributed by atoms with Gasteiger partial charge in [-0.2, -0.15) is 5.10 Å². The molecule has 1 N–H and O–H groups in total. The number of hydrogen-bond acceptors (Lipinski definition) is 4. The molecular weight excluding hydrogens is 308 g/mol. The monoisotopic (exact) mass is 326 g/mol. The summed E-state index contributed by atoms with van der Waals surface area (Å²) in [5.41, 5.74) is 2.21. The average molecular weight is 327 g/mol. The first kappa shape index (κ1) is 14.3. The lowest BCUT2D eigenvalue weighted by Gasteiger charge is -2.10. The Bertz CT molecular complexity index is 561. The minimum absolute atomic E-state index is 0.0700. The number of aryl methyl sites for hydroxylation is 3. The van der Waals surface area contributed by atoms with Gasteiger partial charge < -0.3 is 9.73 Å². The quantitative estimate of drug-likeness (QED) is 0.917. The molecule has 0 radical (unpaired) electrons. The number of aromatic nitrogens is 3. The summed E-state index contributed by atoms with van der Waals surface area (Å²) in [4.78, 5) is 4.23. The lowest BCUT2D eigenvalue weighted by molar-refractivity contribution is 0.399. The predicted molar refractivity (Wildman–Crippen MR) is 76.8 cm³/mol. The maximum atomic E-state index is 5.51. The van der Waals surface area contributed by atoms with Crippen LogP contribution < -0.4 is 5.32 Å². The zero-order chi connectivity index (χ0) is 14.0. The van der Waals surface area contributed by atoms with Crippen molar-refractivity contribution in [1.29, 1.82) is 0 Å². The topological polar surface area (TPSA) is 55.9 Å². The lowest BCUT2D eigenvalue weighted by atomic mass is 10.3. The predicted octanol–water partition coefficient (Wildman–Crippen LogP) is 2.89. The molecule has 0 bridgehead atoms. The molecule has 2 aromatic heterocycles. The highest BCUT2D eigenvalue weighted by atomic mass is 79.9. The van der Waals surface area contributed by atoms with Crippen LogP contribution in [0.5, 0.6) is 0 Å². The highest BCUT2D eigenvalue weighted by Crippen LogP contribution is 2.22. The number of rotatable bonds is 5. The van der Waals surface area contributed by atoms with Gasteiger partial charge in [-0.25, -0.2) is 4.98 Å². The zero-order valence-electron chi connectivity index (χ0n) is 11.7. The van der Waals surface area contributed by atoms with E-state index in [1.165, 1.54) is 0 Å². The Morgan fingerprint density at radius 3 is 2.79 bits per heavy atom. The fourth-order valence-electron chi connectivity index (χ4n) is 1.92. The highest BCUT2D eigenvalue weighted by Gasteiger charge is 2.15. The van der Waals surface area contributed by atoms with Gasteiger partial charge in [-0.1, -0.05) is 6.92 Å². The number of hydrogen-bond donors (Lipinski definition) is 1. The molecule has 6 heteroatoms. The number of nitrogens with zero attached hydrogens (tertiary/aromatic N) is 3. The lowest BCUT2D eigenvalue weighted by Crippen LogP contribution is -2.20. The van der Waals surface area contributed by atoms with Crippen LogP contribution in [0.4, 0.5) is 0 Å². The van der Waals surface area contributed by atoms with E-state index in [-0.39, 0.29) is 6.04 Å². The van der Waals surface area contributed by atoms with E-state index in [2.05, 4.69) is 38.3 Å². The molecule has 0 amide bonds. The second-order valence-electron chi connectivity index (χ2n) is 4.60. The van der Waals surface area contributed by atoms with E-state index in [9.17, 15) is 0 Å². The number of nitrogens with one attached hydrogen (secondary N) is 1. The third-order valence-electron chi connectivity index (χ3n) is 3.09. The third kappa shape index (κ3) is 3.06. The van der Waals surface area contributed by atoms with E-state index in [1.54, 1.807) is 6.20 Å². The van der Waals surface area contributed by atoms with Crippen LogP contribution in [0.3, 0.4) is 0 Å². The summed E-state index contributed by atoms with van der Waals surface area (Å²) in [5, 5.41) is 7.87. The van der Waals surface area contributed by atoms with E-state index in [0.717, 1.165) is 28.0 Å². The van der Waals surface area contributed by atoms with Crippen LogP contribution in [-0.4, -0.2) is 14.8 Å². The first-order valence-corrected chi connectivity index (χ1v) is 7.18. The van der Waals surface area contributed by atoms with Crippen molar-refractivity contribution in [1.82, 2.24) is 20.1 Å². The third-order valence-corrected chi connectivity index (χ3v) is 4.00. The Kier molecular flexibility index (Phi) is 4.42. The fraction of sp³-hybridized carbons (Fsp3) is 0.538.